The van der Waals surface area contributed by atoms with Crippen LogP contribution in [0.3, 0.4) is 0 Å². The third-order valence-electron chi connectivity index (χ3n) is 4.94. The Hall–Kier alpha value is -3.18. The largest absolute Gasteiger partial charge is 0.391 e. The van der Waals surface area contributed by atoms with E-state index in [0.717, 1.165) is 11.3 Å². The van der Waals surface area contributed by atoms with E-state index in [1.807, 2.05) is 46.0 Å². The van der Waals surface area contributed by atoms with Gasteiger partial charge in [-0.1, -0.05) is 10.9 Å². The van der Waals surface area contributed by atoms with Crippen molar-refractivity contribution in [2.45, 2.75) is 11.9 Å². The molecule has 1 aliphatic rings. The van der Waals surface area contributed by atoms with Gasteiger partial charge in [-0.15, -0.1) is 16.9 Å². The first-order chi connectivity index (χ1) is 15.3. The van der Waals surface area contributed by atoms with Crippen LogP contribution >= 0.6 is 11.8 Å². The van der Waals surface area contributed by atoms with Gasteiger partial charge in [0, 0.05) is 30.9 Å². The summed E-state index contributed by atoms with van der Waals surface area (Å²) in [5.41, 5.74) is 3.09. The Kier molecular flexibility index (Phi) is 5.67. The van der Waals surface area contributed by atoms with Crippen LogP contribution in [0, 0.1) is 0 Å². The fourth-order valence-corrected chi connectivity index (χ4v) is 4.23. The smallest absolute Gasteiger partial charge is 0.232 e. The first kappa shape index (κ1) is 19.8. The van der Waals surface area contributed by atoms with Gasteiger partial charge in [0.05, 0.1) is 24.6 Å². The van der Waals surface area contributed by atoms with Gasteiger partial charge in [0.1, 0.15) is 23.9 Å². The van der Waals surface area contributed by atoms with Gasteiger partial charge in [0.2, 0.25) is 11.6 Å². The lowest BCUT2D eigenvalue weighted by atomic mass is 10.3. The molecular formula is C20H21N7O3S. The number of amides is 1. The zero-order valence-corrected chi connectivity index (χ0v) is 17.5. The summed E-state index contributed by atoms with van der Waals surface area (Å²) in [6.45, 7) is 1.80. The highest BCUT2D eigenvalue weighted by Gasteiger charge is 2.25. The number of morpholine rings is 1. The highest BCUT2D eigenvalue weighted by molar-refractivity contribution is 7.99. The zero-order chi connectivity index (χ0) is 21.0. The molecule has 160 valence electrons. The molecule has 31 heavy (non-hydrogen) atoms. The Morgan fingerprint density at radius 1 is 1.29 bits per heavy atom. The van der Waals surface area contributed by atoms with E-state index < -0.39 is 0 Å². The second-order valence-electron chi connectivity index (χ2n) is 7.13. The maximum Gasteiger partial charge on any atom is 0.232 e. The van der Waals surface area contributed by atoms with Gasteiger partial charge in [0.25, 0.3) is 0 Å². The fourth-order valence-electron chi connectivity index (χ4n) is 3.42. The van der Waals surface area contributed by atoms with E-state index >= 15 is 0 Å². The quantitative estimate of drug-likeness (QED) is 0.422. The van der Waals surface area contributed by atoms with E-state index in [9.17, 15) is 4.79 Å². The van der Waals surface area contributed by atoms with Gasteiger partial charge in [-0.05, 0) is 29.5 Å². The number of pyridine rings is 2. The molecule has 0 spiro atoms. The minimum absolute atomic E-state index is 0.0925. The Morgan fingerprint density at radius 3 is 3.19 bits per heavy atom. The Bertz CT molecular complexity index is 1160. The van der Waals surface area contributed by atoms with Crippen LogP contribution in [-0.2, 0) is 15.3 Å². The van der Waals surface area contributed by atoms with Crippen molar-refractivity contribution in [1.29, 1.82) is 0 Å². The van der Waals surface area contributed by atoms with E-state index in [1.165, 1.54) is 4.85 Å². The van der Waals surface area contributed by atoms with Crippen LogP contribution in [0.25, 0.3) is 16.8 Å². The fraction of sp³-hybridized carbons (Fsp3) is 0.350. The van der Waals surface area contributed by atoms with Crippen molar-refractivity contribution in [2.24, 2.45) is 0 Å². The second-order valence-corrected chi connectivity index (χ2v) is 8.11. The number of carbonyl (C=O) groups excluding carboxylic acids is 1. The average molecular weight is 440 g/mol. The summed E-state index contributed by atoms with van der Waals surface area (Å²) in [5.74, 6) is 1.19. The van der Waals surface area contributed by atoms with Gasteiger partial charge in [-0.25, -0.2) is 9.97 Å². The van der Waals surface area contributed by atoms with Crippen LogP contribution in [0.5, 0.6) is 0 Å². The molecule has 1 aliphatic heterocycles. The highest BCUT2D eigenvalue weighted by Crippen LogP contribution is 2.15. The molecule has 1 saturated heterocycles. The summed E-state index contributed by atoms with van der Waals surface area (Å²) in [5, 5.41) is 7.96. The molecule has 0 saturated carbocycles. The number of rotatable bonds is 7. The summed E-state index contributed by atoms with van der Waals surface area (Å²) in [6.07, 6.45) is 5.39. The Balaban J connectivity index is 1.10. The SMILES string of the molecule is O=C(CSCc1cn2ccccc2n1)N1CCOC(COn2nnc3cccnc32)C1. The lowest BCUT2D eigenvalue weighted by molar-refractivity contribution is -0.138. The Morgan fingerprint density at radius 2 is 2.26 bits per heavy atom. The van der Waals surface area contributed by atoms with Crippen LogP contribution in [0.4, 0.5) is 0 Å². The maximum atomic E-state index is 12.7. The molecule has 1 fully saturated rings. The Labute approximate surface area is 182 Å². The number of ether oxygens (including phenoxy) is 1. The monoisotopic (exact) mass is 439 g/mol. The molecule has 1 amide bonds. The number of carbonyl (C=O) groups is 1. The third-order valence-corrected chi connectivity index (χ3v) is 5.90. The van der Waals surface area contributed by atoms with Gasteiger partial charge in [-0.3, -0.25) is 4.79 Å². The van der Waals surface area contributed by atoms with Crippen molar-refractivity contribution < 1.29 is 14.4 Å². The number of nitrogens with zero attached hydrogens (tertiary/aromatic N) is 7. The lowest BCUT2D eigenvalue weighted by Gasteiger charge is -2.32. The first-order valence-corrected chi connectivity index (χ1v) is 11.1. The average Bonchev–Trinajstić information content (AvgIpc) is 3.41. The van der Waals surface area contributed by atoms with Crippen molar-refractivity contribution in [3.8, 4) is 0 Å². The van der Waals surface area contributed by atoms with Crippen LogP contribution in [0.2, 0.25) is 0 Å². The molecule has 1 atom stereocenters. The predicted molar refractivity (Wildman–Crippen MR) is 114 cm³/mol. The van der Waals surface area contributed by atoms with Crippen LogP contribution in [0.1, 0.15) is 5.69 Å². The van der Waals surface area contributed by atoms with Crippen molar-refractivity contribution in [1.82, 2.24) is 34.4 Å². The van der Waals surface area contributed by atoms with E-state index in [1.54, 1.807) is 24.0 Å². The van der Waals surface area contributed by atoms with Crippen LogP contribution in [0.15, 0.2) is 48.9 Å². The van der Waals surface area contributed by atoms with Crippen LogP contribution in [-0.4, -0.2) is 78.5 Å². The molecule has 0 bridgehead atoms. The van der Waals surface area contributed by atoms with Crippen molar-refractivity contribution in [3.63, 3.8) is 0 Å². The molecule has 0 radical (unpaired) electrons. The highest BCUT2D eigenvalue weighted by atomic mass is 32.2. The molecule has 10 nitrogen and oxygen atoms in total. The van der Waals surface area contributed by atoms with E-state index in [-0.39, 0.29) is 18.6 Å². The van der Waals surface area contributed by atoms with Gasteiger partial charge < -0.3 is 18.9 Å². The molecular weight excluding hydrogens is 418 g/mol. The summed E-state index contributed by atoms with van der Waals surface area (Å²) in [4.78, 5) is 30.3. The number of thioether (sulfide) groups is 1. The summed E-state index contributed by atoms with van der Waals surface area (Å²) < 4.78 is 7.74. The molecule has 5 rings (SSSR count). The standard InChI is InChI=1S/C20H21N7O3S/c28-19(14-31-13-15-10-25-7-2-1-5-18(25)22-15)26-8-9-29-16(11-26)12-30-27-20-17(23-24-27)4-3-6-21-20/h1-7,10,16H,8-9,11-14H2. The second kappa shape index (κ2) is 8.90. The van der Waals surface area contributed by atoms with Crippen molar-refractivity contribution in [3.05, 3.63) is 54.6 Å². The molecule has 5 heterocycles. The minimum Gasteiger partial charge on any atom is -0.391 e. The van der Waals surface area contributed by atoms with Gasteiger partial charge in [-0.2, -0.15) is 0 Å². The van der Waals surface area contributed by atoms with Gasteiger partial charge >= 0.3 is 0 Å². The van der Waals surface area contributed by atoms with Crippen LogP contribution < -0.4 is 4.84 Å². The van der Waals surface area contributed by atoms with Crippen molar-refractivity contribution in [2.75, 3.05) is 32.1 Å². The third kappa shape index (κ3) is 4.47. The van der Waals surface area contributed by atoms with E-state index in [0.29, 0.717) is 42.4 Å². The maximum absolute atomic E-state index is 12.7. The van der Waals surface area contributed by atoms with Crippen molar-refractivity contribution >= 4 is 34.5 Å². The molecule has 11 heteroatoms. The summed E-state index contributed by atoms with van der Waals surface area (Å²) >= 11 is 1.57. The first-order valence-electron chi connectivity index (χ1n) is 9.96. The molecule has 0 N–H and O–H groups in total. The normalized spacial score (nSPS) is 16.8. The lowest BCUT2D eigenvalue weighted by Crippen LogP contribution is -2.48. The number of hydrogen-bond acceptors (Lipinski definition) is 8. The molecule has 0 aromatic carbocycles. The topological polar surface area (TPSA) is 99.7 Å². The van der Waals surface area contributed by atoms with E-state index in [4.69, 9.17) is 9.57 Å². The number of fused-ring (bicyclic) bond motifs is 2. The van der Waals surface area contributed by atoms with Gasteiger partial charge in [0.15, 0.2) is 0 Å². The molecule has 1 unspecified atom stereocenters. The number of imidazole rings is 1. The molecule has 0 aliphatic carbocycles. The van der Waals surface area contributed by atoms with E-state index in [2.05, 4.69) is 20.3 Å². The molecule has 4 aromatic heterocycles. The summed E-state index contributed by atoms with van der Waals surface area (Å²) in [7, 11) is 0. The molecule has 4 aromatic rings. The summed E-state index contributed by atoms with van der Waals surface area (Å²) in [6, 6.07) is 9.50. The number of aromatic nitrogens is 6. The zero-order valence-electron chi connectivity index (χ0n) is 16.7. The number of hydrogen-bond donors (Lipinski definition) is 0. The predicted octanol–water partition coefficient (Wildman–Crippen LogP) is 1.06. The minimum atomic E-state index is -0.232.